The molecule has 1 aromatic heterocycles. The number of amides is 1. The number of carbonyl (C=O) groups is 1. The molecule has 0 spiro atoms. The van der Waals surface area contributed by atoms with E-state index < -0.39 is 17.3 Å². The van der Waals surface area contributed by atoms with Crippen molar-refractivity contribution >= 4 is 22.4 Å². The van der Waals surface area contributed by atoms with Gasteiger partial charge in [-0.2, -0.15) is 0 Å². The van der Waals surface area contributed by atoms with Crippen molar-refractivity contribution in [2.45, 2.75) is 0 Å². The maximum atomic E-state index is 13.6. The van der Waals surface area contributed by atoms with E-state index in [0.717, 1.165) is 6.26 Å². The standard InChI is InChI=1S/C16H10FNO3/c17-13-7-3-4-8-14(13)18-15(19)12-9-21-16(20)11-6-2-1-5-10(11)12/h1-9H,(H,18,19). The lowest BCUT2D eigenvalue weighted by Gasteiger charge is -2.07. The molecule has 5 heteroatoms. The van der Waals surface area contributed by atoms with Crippen molar-refractivity contribution in [1.82, 2.24) is 0 Å². The summed E-state index contributed by atoms with van der Waals surface area (Å²) in [5.41, 5.74) is -0.278. The Hall–Kier alpha value is -2.95. The summed E-state index contributed by atoms with van der Waals surface area (Å²) in [5, 5.41) is 3.23. The number of benzene rings is 2. The van der Waals surface area contributed by atoms with Crippen LogP contribution in [0.15, 0.2) is 64.0 Å². The van der Waals surface area contributed by atoms with E-state index in [1.54, 1.807) is 30.3 Å². The van der Waals surface area contributed by atoms with E-state index in [1.165, 1.54) is 18.2 Å². The fourth-order valence-corrected chi connectivity index (χ4v) is 2.06. The number of halogens is 1. The molecular weight excluding hydrogens is 273 g/mol. The van der Waals surface area contributed by atoms with Gasteiger partial charge in [0.05, 0.1) is 16.6 Å². The van der Waals surface area contributed by atoms with Gasteiger partial charge < -0.3 is 9.73 Å². The van der Waals surface area contributed by atoms with Crippen molar-refractivity contribution in [3.05, 3.63) is 76.6 Å². The van der Waals surface area contributed by atoms with Crippen LogP contribution in [-0.2, 0) is 0 Å². The molecule has 2 aromatic carbocycles. The molecule has 21 heavy (non-hydrogen) atoms. The van der Waals surface area contributed by atoms with Gasteiger partial charge in [-0.3, -0.25) is 4.79 Å². The van der Waals surface area contributed by atoms with Crippen molar-refractivity contribution in [3.8, 4) is 0 Å². The number of hydrogen-bond acceptors (Lipinski definition) is 3. The van der Waals surface area contributed by atoms with Gasteiger partial charge in [-0.25, -0.2) is 9.18 Å². The average molecular weight is 283 g/mol. The Balaban J connectivity index is 2.05. The van der Waals surface area contributed by atoms with Gasteiger partial charge in [0, 0.05) is 5.39 Å². The Morgan fingerprint density at radius 2 is 1.67 bits per heavy atom. The van der Waals surface area contributed by atoms with E-state index in [0.29, 0.717) is 10.8 Å². The summed E-state index contributed by atoms with van der Waals surface area (Å²) in [6.07, 6.45) is 1.08. The quantitative estimate of drug-likeness (QED) is 0.785. The number of fused-ring (bicyclic) bond motifs is 1. The van der Waals surface area contributed by atoms with Crippen LogP contribution in [0.2, 0.25) is 0 Å². The molecule has 1 heterocycles. The van der Waals surface area contributed by atoms with Crippen LogP contribution < -0.4 is 10.9 Å². The molecule has 0 saturated carbocycles. The third-order valence-corrected chi connectivity index (χ3v) is 3.09. The van der Waals surface area contributed by atoms with Crippen LogP contribution in [0, 0.1) is 5.82 Å². The minimum absolute atomic E-state index is 0.0674. The van der Waals surface area contributed by atoms with Gasteiger partial charge in [0.1, 0.15) is 12.1 Å². The van der Waals surface area contributed by atoms with Crippen molar-refractivity contribution in [1.29, 1.82) is 0 Å². The van der Waals surface area contributed by atoms with Crippen LogP contribution >= 0.6 is 0 Å². The number of hydrogen-bond donors (Lipinski definition) is 1. The van der Waals surface area contributed by atoms with Gasteiger partial charge in [0.25, 0.3) is 5.91 Å². The van der Waals surface area contributed by atoms with Crippen molar-refractivity contribution < 1.29 is 13.6 Å². The highest BCUT2D eigenvalue weighted by molar-refractivity contribution is 6.12. The zero-order valence-electron chi connectivity index (χ0n) is 10.8. The van der Waals surface area contributed by atoms with Crippen molar-refractivity contribution in [2.75, 3.05) is 5.32 Å². The monoisotopic (exact) mass is 283 g/mol. The highest BCUT2D eigenvalue weighted by atomic mass is 19.1. The Kier molecular flexibility index (Phi) is 3.23. The molecular formula is C16H10FNO3. The van der Waals surface area contributed by atoms with E-state index >= 15 is 0 Å². The Morgan fingerprint density at radius 1 is 1.00 bits per heavy atom. The molecule has 0 aliphatic rings. The summed E-state index contributed by atoms with van der Waals surface area (Å²) in [7, 11) is 0. The summed E-state index contributed by atoms with van der Waals surface area (Å²) < 4.78 is 18.4. The maximum Gasteiger partial charge on any atom is 0.343 e. The number of carbonyl (C=O) groups excluding carboxylic acids is 1. The average Bonchev–Trinajstić information content (AvgIpc) is 2.50. The minimum Gasteiger partial charge on any atom is -0.430 e. The second-order valence-electron chi connectivity index (χ2n) is 4.42. The molecule has 3 aromatic rings. The van der Waals surface area contributed by atoms with Gasteiger partial charge in [0.15, 0.2) is 0 Å². The number of rotatable bonds is 2. The molecule has 0 atom stereocenters. The normalized spacial score (nSPS) is 10.5. The molecule has 0 bridgehead atoms. The third-order valence-electron chi connectivity index (χ3n) is 3.09. The van der Waals surface area contributed by atoms with Crippen LogP contribution in [0.1, 0.15) is 10.4 Å². The first kappa shape index (κ1) is 13.1. The second-order valence-corrected chi connectivity index (χ2v) is 4.42. The highest BCUT2D eigenvalue weighted by Gasteiger charge is 2.14. The number of nitrogens with one attached hydrogen (secondary N) is 1. The predicted octanol–water partition coefficient (Wildman–Crippen LogP) is 3.18. The van der Waals surface area contributed by atoms with Crippen LogP contribution in [0.25, 0.3) is 10.8 Å². The van der Waals surface area contributed by atoms with Crippen LogP contribution in [-0.4, -0.2) is 5.91 Å². The van der Waals surface area contributed by atoms with E-state index in [9.17, 15) is 14.0 Å². The van der Waals surface area contributed by atoms with Gasteiger partial charge in [-0.05, 0) is 18.2 Å². The highest BCUT2D eigenvalue weighted by Crippen LogP contribution is 2.18. The maximum absolute atomic E-state index is 13.6. The Morgan fingerprint density at radius 3 is 2.43 bits per heavy atom. The first-order valence-corrected chi connectivity index (χ1v) is 6.23. The third kappa shape index (κ3) is 2.41. The summed E-state index contributed by atoms with van der Waals surface area (Å²) in [6, 6.07) is 12.4. The summed E-state index contributed by atoms with van der Waals surface area (Å²) >= 11 is 0. The van der Waals surface area contributed by atoms with E-state index in [2.05, 4.69) is 5.32 Å². The summed E-state index contributed by atoms with van der Waals surface area (Å²) in [4.78, 5) is 23.9. The molecule has 0 unspecified atom stereocenters. The molecule has 0 aliphatic carbocycles. The van der Waals surface area contributed by atoms with Crippen LogP contribution in [0.3, 0.4) is 0 Å². The zero-order valence-corrected chi connectivity index (χ0v) is 10.8. The number of para-hydroxylation sites is 1. The second kappa shape index (κ2) is 5.20. The molecule has 104 valence electrons. The molecule has 1 N–H and O–H groups in total. The van der Waals surface area contributed by atoms with Crippen molar-refractivity contribution in [3.63, 3.8) is 0 Å². The molecule has 0 radical (unpaired) electrons. The van der Waals surface area contributed by atoms with Gasteiger partial charge in [-0.1, -0.05) is 30.3 Å². The lowest BCUT2D eigenvalue weighted by atomic mass is 10.1. The van der Waals surface area contributed by atoms with E-state index in [1.807, 2.05) is 0 Å². The van der Waals surface area contributed by atoms with Gasteiger partial charge >= 0.3 is 5.63 Å². The molecule has 0 aliphatic heterocycles. The van der Waals surface area contributed by atoms with E-state index in [-0.39, 0.29) is 11.3 Å². The Labute approximate surface area is 118 Å². The summed E-state index contributed by atoms with van der Waals surface area (Å²) in [6.45, 7) is 0. The topological polar surface area (TPSA) is 59.3 Å². The number of anilines is 1. The minimum atomic E-state index is -0.542. The van der Waals surface area contributed by atoms with E-state index in [4.69, 9.17) is 4.42 Å². The Bertz CT molecular complexity index is 886. The summed E-state index contributed by atoms with van der Waals surface area (Å²) in [5.74, 6) is -1.08. The molecule has 0 fully saturated rings. The fraction of sp³-hybridized carbons (Fsp3) is 0. The SMILES string of the molecule is O=C(Nc1ccccc1F)c1coc(=O)c2ccccc12. The first-order chi connectivity index (χ1) is 10.2. The molecule has 3 rings (SSSR count). The predicted molar refractivity (Wildman–Crippen MR) is 76.8 cm³/mol. The fourth-order valence-electron chi connectivity index (χ4n) is 2.06. The van der Waals surface area contributed by atoms with Crippen LogP contribution in [0.5, 0.6) is 0 Å². The first-order valence-electron chi connectivity index (χ1n) is 6.23. The van der Waals surface area contributed by atoms with Crippen molar-refractivity contribution in [2.24, 2.45) is 0 Å². The zero-order chi connectivity index (χ0) is 14.8. The molecule has 1 amide bonds. The lowest BCUT2D eigenvalue weighted by Crippen LogP contribution is -2.15. The van der Waals surface area contributed by atoms with Gasteiger partial charge in [-0.15, -0.1) is 0 Å². The smallest absolute Gasteiger partial charge is 0.343 e. The largest absolute Gasteiger partial charge is 0.430 e. The van der Waals surface area contributed by atoms with Gasteiger partial charge in [0.2, 0.25) is 0 Å². The van der Waals surface area contributed by atoms with Crippen LogP contribution in [0.4, 0.5) is 10.1 Å². The molecule has 0 saturated heterocycles. The lowest BCUT2D eigenvalue weighted by molar-refractivity contribution is 0.102. The molecule has 4 nitrogen and oxygen atoms in total.